The van der Waals surface area contributed by atoms with Crippen molar-refractivity contribution in [1.29, 1.82) is 5.26 Å². The summed E-state index contributed by atoms with van der Waals surface area (Å²) in [6.45, 7) is 1.83. The molecule has 0 aliphatic carbocycles. The topological polar surface area (TPSA) is 70.0 Å². The van der Waals surface area contributed by atoms with Crippen molar-refractivity contribution >= 4 is 10.0 Å². The molecule has 0 spiro atoms. The minimum atomic E-state index is -3.71. The normalized spacial score (nSPS) is 11.0. The van der Waals surface area contributed by atoms with E-state index in [0.717, 1.165) is 18.2 Å². The molecule has 0 radical (unpaired) electrons. The molecular formula is C9H9FN2O2S. The molecule has 0 aromatic heterocycles. The molecule has 0 amide bonds. The summed E-state index contributed by atoms with van der Waals surface area (Å²) in [5.41, 5.74) is -0.198. The molecule has 6 heteroatoms. The van der Waals surface area contributed by atoms with Gasteiger partial charge in [-0.2, -0.15) is 5.26 Å². The summed E-state index contributed by atoms with van der Waals surface area (Å²) < 4.78 is 38.0. The first kappa shape index (κ1) is 11.6. The van der Waals surface area contributed by atoms with E-state index < -0.39 is 15.8 Å². The standard InChI is InChI=1S/C9H9FN2O2S/c1-2-12-15(13,14)9-4-3-8(10)5-7(9)6-11/h3-5,12H,2H2,1H3. The second-order valence-corrected chi connectivity index (χ2v) is 4.49. The molecule has 1 aromatic carbocycles. The molecular weight excluding hydrogens is 219 g/mol. The lowest BCUT2D eigenvalue weighted by Gasteiger charge is -2.05. The van der Waals surface area contributed by atoms with Crippen LogP contribution in [0, 0.1) is 17.1 Å². The molecule has 0 unspecified atom stereocenters. The highest BCUT2D eigenvalue weighted by Crippen LogP contribution is 2.15. The minimum absolute atomic E-state index is 0.198. The molecule has 0 fully saturated rings. The predicted octanol–water partition coefficient (Wildman–Crippen LogP) is 0.996. The molecule has 0 heterocycles. The number of rotatable bonds is 3. The third kappa shape index (κ3) is 2.52. The van der Waals surface area contributed by atoms with Gasteiger partial charge < -0.3 is 0 Å². The van der Waals surface area contributed by atoms with Gasteiger partial charge in [0.1, 0.15) is 11.9 Å². The first-order chi connectivity index (χ1) is 7.01. The van der Waals surface area contributed by atoms with E-state index in [1.54, 1.807) is 13.0 Å². The fraction of sp³-hybridized carbons (Fsp3) is 0.222. The summed E-state index contributed by atoms with van der Waals surface area (Å²) in [5, 5.41) is 8.67. The monoisotopic (exact) mass is 228 g/mol. The number of nitrogens with one attached hydrogen (secondary N) is 1. The van der Waals surface area contributed by atoms with Gasteiger partial charge in [-0.3, -0.25) is 0 Å². The summed E-state index contributed by atoms with van der Waals surface area (Å²) in [4.78, 5) is -0.201. The van der Waals surface area contributed by atoms with Gasteiger partial charge in [0.25, 0.3) is 0 Å². The van der Waals surface area contributed by atoms with Crippen molar-refractivity contribution in [2.45, 2.75) is 11.8 Å². The van der Waals surface area contributed by atoms with Gasteiger partial charge in [-0.25, -0.2) is 17.5 Å². The Morgan fingerprint density at radius 3 is 2.73 bits per heavy atom. The predicted molar refractivity (Wildman–Crippen MR) is 52.0 cm³/mol. The summed E-state index contributed by atoms with van der Waals surface area (Å²) in [5.74, 6) is -0.637. The summed E-state index contributed by atoms with van der Waals surface area (Å²) in [6, 6.07) is 4.62. The Balaban J connectivity index is 3.33. The van der Waals surface area contributed by atoms with Gasteiger partial charge >= 0.3 is 0 Å². The van der Waals surface area contributed by atoms with Crippen LogP contribution in [0.25, 0.3) is 0 Å². The largest absolute Gasteiger partial charge is 0.241 e. The first-order valence-corrected chi connectivity index (χ1v) is 5.69. The molecule has 1 rings (SSSR count). The van der Waals surface area contributed by atoms with Crippen molar-refractivity contribution < 1.29 is 12.8 Å². The third-order valence-electron chi connectivity index (χ3n) is 1.69. The quantitative estimate of drug-likeness (QED) is 0.838. The highest BCUT2D eigenvalue weighted by molar-refractivity contribution is 7.89. The maximum Gasteiger partial charge on any atom is 0.241 e. The molecule has 0 aliphatic rings. The zero-order valence-corrected chi connectivity index (χ0v) is 8.81. The summed E-state index contributed by atoms with van der Waals surface area (Å²) in [7, 11) is -3.71. The molecule has 0 saturated heterocycles. The number of nitriles is 1. The zero-order chi connectivity index (χ0) is 11.5. The third-order valence-corrected chi connectivity index (χ3v) is 3.29. The molecule has 0 saturated carbocycles. The van der Waals surface area contributed by atoms with Gasteiger partial charge in [-0.05, 0) is 18.2 Å². The van der Waals surface area contributed by atoms with E-state index in [4.69, 9.17) is 5.26 Å². The van der Waals surface area contributed by atoms with Crippen molar-refractivity contribution in [3.05, 3.63) is 29.6 Å². The van der Waals surface area contributed by atoms with Crippen molar-refractivity contribution in [2.75, 3.05) is 6.54 Å². The van der Waals surface area contributed by atoms with Crippen LogP contribution in [-0.2, 0) is 10.0 Å². The Morgan fingerprint density at radius 1 is 1.53 bits per heavy atom. The Labute approximate surface area is 87.4 Å². The van der Waals surface area contributed by atoms with E-state index in [-0.39, 0.29) is 17.0 Å². The van der Waals surface area contributed by atoms with E-state index in [0.29, 0.717) is 0 Å². The molecule has 1 N–H and O–H groups in total. The SMILES string of the molecule is CCNS(=O)(=O)c1ccc(F)cc1C#N. The fourth-order valence-electron chi connectivity index (χ4n) is 1.09. The Kier molecular flexibility index (Phi) is 3.39. The van der Waals surface area contributed by atoms with Crippen LogP contribution in [0.3, 0.4) is 0 Å². The second-order valence-electron chi connectivity index (χ2n) is 2.75. The lowest BCUT2D eigenvalue weighted by Crippen LogP contribution is -2.24. The lowest BCUT2D eigenvalue weighted by molar-refractivity contribution is 0.582. The molecule has 0 bridgehead atoms. The van der Waals surface area contributed by atoms with Crippen LogP contribution in [0.2, 0.25) is 0 Å². The maximum absolute atomic E-state index is 12.7. The van der Waals surface area contributed by atoms with Crippen molar-refractivity contribution in [3.63, 3.8) is 0 Å². The first-order valence-electron chi connectivity index (χ1n) is 4.20. The van der Waals surface area contributed by atoms with Gasteiger partial charge in [0.05, 0.1) is 10.5 Å². The molecule has 0 atom stereocenters. The van der Waals surface area contributed by atoms with Crippen LogP contribution in [0.1, 0.15) is 12.5 Å². The van der Waals surface area contributed by atoms with E-state index in [1.807, 2.05) is 0 Å². The zero-order valence-electron chi connectivity index (χ0n) is 7.99. The Bertz CT molecular complexity index is 505. The van der Waals surface area contributed by atoms with Crippen LogP contribution in [0.15, 0.2) is 23.1 Å². The van der Waals surface area contributed by atoms with Crippen molar-refractivity contribution in [1.82, 2.24) is 4.72 Å². The molecule has 1 aromatic rings. The number of halogens is 1. The smallest absolute Gasteiger partial charge is 0.211 e. The van der Waals surface area contributed by atoms with Crippen LogP contribution in [-0.4, -0.2) is 15.0 Å². The number of nitrogens with zero attached hydrogens (tertiary/aromatic N) is 1. The molecule has 15 heavy (non-hydrogen) atoms. The number of hydrogen-bond donors (Lipinski definition) is 1. The van der Waals surface area contributed by atoms with Gasteiger partial charge in [0, 0.05) is 6.54 Å². The van der Waals surface area contributed by atoms with E-state index >= 15 is 0 Å². The van der Waals surface area contributed by atoms with Gasteiger partial charge in [-0.1, -0.05) is 6.92 Å². The lowest BCUT2D eigenvalue weighted by atomic mass is 10.2. The van der Waals surface area contributed by atoms with Crippen LogP contribution in [0.5, 0.6) is 0 Å². The maximum atomic E-state index is 12.7. The van der Waals surface area contributed by atoms with Crippen LogP contribution < -0.4 is 4.72 Å². The molecule has 4 nitrogen and oxygen atoms in total. The number of benzene rings is 1. The Morgan fingerprint density at radius 2 is 2.20 bits per heavy atom. The van der Waals surface area contributed by atoms with Gasteiger partial charge in [0.2, 0.25) is 10.0 Å². The van der Waals surface area contributed by atoms with Crippen LogP contribution in [0.4, 0.5) is 4.39 Å². The molecule has 0 aliphatic heterocycles. The van der Waals surface area contributed by atoms with Gasteiger partial charge in [-0.15, -0.1) is 0 Å². The van der Waals surface area contributed by atoms with Gasteiger partial charge in [0.15, 0.2) is 0 Å². The van der Waals surface area contributed by atoms with E-state index in [1.165, 1.54) is 0 Å². The van der Waals surface area contributed by atoms with Crippen LogP contribution >= 0.6 is 0 Å². The number of sulfonamides is 1. The molecule has 80 valence electrons. The Hall–Kier alpha value is -1.45. The minimum Gasteiger partial charge on any atom is -0.211 e. The average Bonchev–Trinajstić information content (AvgIpc) is 2.17. The second kappa shape index (κ2) is 4.38. The average molecular weight is 228 g/mol. The van der Waals surface area contributed by atoms with Crippen molar-refractivity contribution in [2.24, 2.45) is 0 Å². The van der Waals surface area contributed by atoms with E-state index in [9.17, 15) is 12.8 Å². The fourth-order valence-corrected chi connectivity index (χ4v) is 2.27. The van der Waals surface area contributed by atoms with E-state index in [2.05, 4.69) is 4.72 Å². The number of hydrogen-bond acceptors (Lipinski definition) is 3. The summed E-state index contributed by atoms with van der Waals surface area (Å²) in [6.07, 6.45) is 0. The summed E-state index contributed by atoms with van der Waals surface area (Å²) >= 11 is 0. The van der Waals surface area contributed by atoms with Crippen molar-refractivity contribution in [3.8, 4) is 6.07 Å². The highest BCUT2D eigenvalue weighted by atomic mass is 32.2. The highest BCUT2D eigenvalue weighted by Gasteiger charge is 2.17.